The standard InChI is InChI=1S/Ca.Fe.Mg.Si.Ti. The molecule has 0 aliphatic rings. The fraction of sp³-hybridized carbons (Fsp3) is 0. The van der Waals surface area contributed by atoms with Gasteiger partial charge in [0.25, 0.3) is 0 Å². The van der Waals surface area contributed by atoms with Crippen molar-refractivity contribution in [3.63, 3.8) is 0 Å². The van der Waals surface area contributed by atoms with E-state index in [1.54, 1.807) is 0 Å². The quantitative estimate of drug-likeness (QED) is 0.429. The van der Waals surface area contributed by atoms with Gasteiger partial charge in [-0.2, -0.15) is 0 Å². The molecular weight excluding hydrogens is 196 g/mol. The normalized spacial score (nSPS) is 0. The van der Waals surface area contributed by atoms with Gasteiger partial charge >= 0.3 is 0 Å². The molecular formula is CaFeMgSiTi. The fourth-order valence-electron chi connectivity index (χ4n) is 0. The summed E-state index contributed by atoms with van der Waals surface area (Å²) in [6, 6.07) is 0. The van der Waals surface area contributed by atoms with Crippen LogP contribution < -0.4 is 0 Å². The van der Waals surface area contributed by atoms with Crippen LogP contribution in [0.15, 0.2) is 0 Å². The van der Waals surface area contributed by atoms with Gasteiger partial charge in [-0.1, -0.05) is 0 Å². The van der Waals surface area contributed by atoms with Crippen molar-refractivity contribution in [1.82, 2.24) is 0 Å². The van der Waals surface area contributed by atoms with Crippen LogP contribution >= 0.6 is 0 Å². The van der Waals surface area contributed by atoms with Crippen LogP contribution in [-0.2, 0) is 38.8 Å². The summed E-state index contributed by atoms with van der Waals surface area (Å²) >= 11 is 0. The van der Waals surface area contributed by atoms with Crippen LogP contribution in [0.4, 0.5) is 0 Å². The van der Waals surface area contributed by atoms with Gasteiger partial charge in [-0.3, -0.25) is 0 Å². The van der Waals surface area contributed by atoms with Crippen molar-refractivity contribution in [3.05, 3.63) is 0 Å². The first-order valence-electron chi connectivity index (χ1n) is 0. The minimum Gasteiger partial charge on any atom is 0 e. The molecule has 0 spiro atoms. The third kappa shape index (κ3) is 18.6. The van der Waals surface area contributed by atoms with Crippen LogP contribution in [0.2, 0.25) is 0 Å². The molecule has 0 aromatic rings. The van der Waals surface area contributed by atoms with Crippen molar-refractivity contribution in [2.24, 2.45) is 0 Å². The maximum absolute atomic E-state index is 0. The summed E-state index contributed by atoms with van der Waals surface area (Å²) in [6.45, 7) is 0. The van der Waals surface area contributed by atoms with E-state index in [9.17, 15) is 0 Å². The second-order valence-corrected chi connectivity index (χ2v) is 0. The molecule has 0 aliphatic heterocycles. The Morgan fingerprint density at radius 2 is 1.00 bits per heavy atom. The van der Waals surface area contributed by atoms with Crippen molar-refractivity contribution >= 4 is 71.8 Å². The van der Waals surface area contributed by atoms with Crippen LogP contribution in [0.25, 0.3) is 0 Å². The number of rotatable bonds is 0. The van der Waals surface area contributed by atoms with Gasteiger partial charge in [0.2, 0.25) is 0 Å². The Morgan fingerprint density at radius 1 is 1.00 bits per heavy atom. The second-order valence-electron chi connectivity index (χ2n) is 0. The summed E-state index contributed by atoms with van der Waals surface area (Å²) in [7, 11) is 0. The zero-order chi connectivity index (χ0) is 0. The van der Waals surface area contributed by atoms with Gasteiger partial charge in [-0.15, -0.1) is 0 Å². The first-order chi connectivity index (χ1) is 0. The van der Waals surface area contributed by atoms with Crippen LogP contribution in [0.5, 0.6) is 0 Å². The van der Waals surface area contributed by atoms with Gasteiger partial charge < -0.3 is 0 Å². The predicted molar refractivity (Wildman–Crippen MR) is 17.3 cm³/mol. The molecule has 0 N–H and O–H groups in total. The van der Waals surface area contributed by atoms with E-state index in [4.69, 9.17) is 0 Å². The zero-order valence-electron chi connectivity index (χ0n) is 2.77. The Morgan fingerprint density at radius 3 is 1.00 bits per heavy atom. The number of hydrogen-bond donors (Lipinski definition) is 0. The smallest absolute Gasteiger partial charge is 0 e. The van der Waals surface area contributed by atoms with Crippen molar-refractivity contribution in [2.75, 3.05) is 0 Å². The molecule has 0 saturated heterocycles. The molecule has 0 heterocycles. The molecule has 0 rings (SSSR count). The monoisotopic (exact) mass is 196 g/mol. The molecule has 0 amide bonds. The third-order valence-corrected chi connectivity index (χ3v) is 0. The molecule has 0 aromatic heterocycles. The fourth-order valence-corrected chi connectivity index (χ4v) is 0. The van der Waals surface area contributed by atoms with Gasteiger partial charge in [-0.05, 0) is 0 Å². The van der Waals surface area contributed by atoms with E-state index in [0.29, 0.717) is 0 Å². The molecule has 0 atom stereocenters. The summed E-state index contributed by atoms with van der Waals surface area (Å²) in [5.41, 5.74) is 0. The van der Waals surface area contributed by atoms with Crippen LogP contribution in [0, 0.1) is 0 Å². The van der Waals surface area contributed by atoms with Crippen molar-refractivity contribution in [2.45, 2.75) is 0 Å². The molecule has 20 valence electrons. The Bertz CT molecular complexity index is 11.6. The van der Waals surface area contributed by atoms with E-state index in [1.807, 2.05) is 0 Å². The minimum absolute atomic E-state index is 0. The summed E-state index contributed by atoms with van der Waals surface area (Å²) < 4.78 is 0. The summed E-state index contributed by atoms with van der Waals surface area (Å²) in [4.78, 5) is 0. The first-order valence-corrected chi connectivity index (χ1v) is 0. The zero-order valence-corrected chi connectivity index (χ0v) is 10.1. The van der Waals surface area contributed by atoms with Crippen molar-refractivity contribution in [1.29, 1.82) is 0 Å². The molecule has 0 unspecified atom stereocenters. The molecule has 0 aliphatic carbocycles. The average molecular weight is 196 g/mol. The van der Waals surface area contributed by atoms with E-state index in [2.05, 4.69) is 0 Å². The van der Waals surface area contributed by atoms with Gasteiger partial charge in [0.15, 0.2) is 0 Å². The molecule has 5 heteroatoms. The third-order valence-electron chi connectivity index (χ3n) is 0. The van der Waals surface area contributed by atoms with E-state index >= 15 is 0 Å². The van der Waals surface area contributed by atoms with Crippen LogP contribution in [0.3, 0.4) is 0 Å². The minimum atomic E-state index is 0. The Hall–Kier alpha value is 3.48. The maximum atomic E-state index is 0. The van der Waals surface area contributed by atoms with Crippen molar-refractivity contribution in [3.8, 4) is 0 Å². The van der Waals surface area contributed by atoms with Gasteiger partial charge in [0.05, 0.1) is 0 Å². The average Bonchev–Trinajstić information content (AvgIpc) is 0. The molecule has 5 heavy (non-hydrogen) atoms. The predicted octanol–water partition coefficient (Wildman–Crippen LogP) is -1.15. The van der Waals surface area contributed by atoms with Gasteiger partial charge in [-0.25, -0.2) is 0 Å². The van der Waals surface area contributed by atoms with E-state index in [1.165, 1.54) is 0 Å². The Balaban J connectivity index is 0. The van der Waals surface area contributed by atoms with Crippen molar-refractivity contribution < 1.29 is 38.8 Å². The Labute approximate surface area is 108 Å². The number of hydrogen-bond acceptors (Lipinski definition) is 0. The molecule has 0 nitrogen and oxygen atoms in total. The molecule has 0 saturated carbocycles. The molecule has 8 radical (unpaired) electrons. The van der Waals surface area contributed by atoms with E-state index < -0.39 is 0 Å². The summed E-state index contributed by atoms with van der Waals surface area (Å²) in [5.74, 6) is 0. The molecule has 0 bridgehead atoms. The largest absolute Gasteiger partial charge is 0 e. The summed E-state index contributed by atoms with van der Waals surface area (Å²) in [5, 5.41) is 0. The molecule has 0 aromatic carbocycles. The van der Waals surface area contributed by atoms with Crippen LogP contribution in [-0.4, -0.2) is 71.8 Å². The van der Waals surface area contributed by atoms with E-state index in [0.717, 1.165) is 0 Å². The van der Waals surface area contributed by atoms with Gasteiger partial charge in [0.1, 0.15) is 0 Å². The van der Waals surface area contributed by atoms with Crippen LogP contribution in [0.1, 0.15) is 0 Å². The first kappa shape index (κ1) is 39.2. The Kier molecular flexibility index (Phi) is 203. The topological polar surface area (TPSA) is 0 Å². The van der Waals surface area contributed by atoms with E-state index in [-0.39, 0.29) is 111 Å². The molecule has 0 fully saturated rings. The summed E-state index contributed by atoms with van der Waals surface area (Å²) in [6.07, 6.45) is 0. The maximum Gasteiger partial charge on any atom is 0 e. The van der Waals surface area contributed by atoms with Gasteiger partial charge in [0, 0.05) is 111 Å². The second kappa shape index (κ2) is 25.9. The SMILES string of the molecule is [Ca].[Fe].[Mg].[Si].[Ti].